The van der Waals surface area contributed by atoms with Crippen molar-refractivity contribution in [2.24, 2.45) is 0 Å². The largest absolute Gasteiger partial charge is 0.373 e. The maximum absolute atomic E-state index is 12.9. The molecule has 4 heteroatoms. The summed E-state index contributed by atoms with van der Waals surface area (Å²) in [6, 6.07) is 9.42. The highest BCUT2D eigenvalue weighted by atomic mass is 16.2. The van der Waals surface area contributed by atoms with E-state index in [-0.39, 0.29) is 18.2 Å². The van der Waals surface area contributed by atoms with Crippen molar-refractivity contribution in [1.82, 2.24) is 0 Å². The van der Waals surface area contributed by atoms with Gasteiger partial charge in [0.2, 0.25) is 5.91 Å². The van der Waals surface area contributed by atoms with Crippen molar-refractivity contribution in [1.29, 1.82) is 0 Å². The van der Waals surface area contributed by atoms with E-state index in [0.29, 0.717) is 5.69 Å². The molecular weight excluding hydrogens is 312 g/mol. The minimum Gasteiger partial charge on any atom is -0.373 e. The first-order valence-electron chi connectivity index (χ1n) is 8.56. The van der Waals surface area contributed by atoms with Gasteiger partial charge in [-0.15, -0.1) is 0 Å². The Morgan fingerprint density at radius 1 is 0.880 bits per heavy atom. The zero-order valence-corrected chi connectivity index (χ0v) is 15.4. The minimum atomic E-state index is -0.520. The van der Waals surface area contributed by atoms with Crippen molar-refractivity contribution in [3.63, 3.8) is 0 Å². The number of aryl methyl sites for hydroxylation is 5. The van der Waals surface area contributed by atoms with E-state index in [1.165, 1.54) is 10.5 Å². The second kappa shape index (κ2) is 6.36. The van der Waals surface area contributed by atoms with Gasteiger partial charge < -0.3 is 5.32 Å². The Kier molecular flexibility index (Phi) is 4.38. The molecule has 1 aliphatic heterocycles. The second-order valence-electron chi connectivity index (χ2n) is 7.03. The number of benzene rings is 2. The SMILES string of the molecule is Cc1ccc(N2C(=O)CC(Nc3c(C)cc(C)cc3C)C2=O)c(C)c1. The lowest BCUT2D eigenvalue weighted by Crippen LogP contribution is -2.35. The summed E-state index contributed by atoms with van der Waals surface area (Å²) in [5.41, 5.74) is 7.03. The molecule has 2 amide bonds. The summed E-state index contributed by atoms with van der Waals surface area (Å²) in [4.78, 5) is 26.7. The molecule has 1 unspecified atom stereocenters. The maximum atomic E-state index is 12.9. The van der Waals surface area contributed by atoms with Gasteiger partial charge in [-0.05, 0) is 57.4 Å². The van der Waals surface area contributed by atoms with E-state index in [9.17, 15) is 9.59 Å². The molecule has 1 aliphatic rings. The van der Waals surface area contributed by atoms with Crippen molar-refractivity contribution >= 4 is 23.2 Å². The van der Waals surface area contributed by atoms with E-state index in [0.717, 1.165) is 27.9 Å². The van der Waals surface area contributed by atoms with Crippen LogP contribution in [0.15, 0.2) is 30.3 Å². The van der Waals surface area contributed by atoms with Crippen LogP contribution in [0.2, 0.25) is 0 Å². The van der Waals surface area contributed by atoms with Gasteiger partial charge in [0.15, 0.2) is 0 Å². The van der Waals surface area contributed by atoms with E-state index >= 15 is 0 Å². The van der Waals surface area contributed by atoms with E-state index in [4.69, 9.17) is 0 Å². The highest BCUT2D eigenvalue weighted by Gasteiger charge is 2.40. The summed E-state index contributed by atoms with van der Waals surface area (Å²) < 4.78 is 0. The lowest BCUT2D eigenvalue weighted by Gasteiger charge is -2.20. The Labute approximate surface area is 148 Å². The Balaban J connectivity index is 1.89. The number of carbonyl (C=O) groups is 2. The van der Waals surface area contributed by atoms with Gasteiger partial charge in [0.25, 0.3) is 5.91 Å². The number of hydrogen-bond donors (Lipinski definition) is 1. The van der Waals surface area contributed by atoms with Gasteiger partial charge in [0.1, 0.15) is 6.04 Å². The van der Waals surface area contributed by atoms with E-state index in [2.05, 4.69) is 24.4 Å². The van der Waals surface area contributed by atoms with Crippen molar-refractivity contribution in [2.45, 2.75) is 47.1 Å². The molecule has 2 aromatic rings. The molecule has 25 heavy (non-hydrogen) atoms. The van der Waals surface area contributed by atoms with Gasteiger partial charge in [-0.1, -0.05) is 35.4 Å². The Bertz CT molecular complexity index is 847. The third-order valence-corrected chi connectivity index (χ3v) is 4.74. The maximum Gasteiger partial charge on any atom is 0.256 e. The van der Waals surface area contributed by atoms with E-state index in [1.807, 2.05) is 45.9 Å². The molecule has 0 bridgehead atoms. The van der Waals surface area contributed by atoms with Crippen LogP contribution in [-0.2, 0) is 9.59 Å². The molecule has 0 saturated carbocycles. The van der Waals surface area contributed by atoms with Crippen LogP contribution >= 0.6 is 0 Å². The van der Waals surface area contributed by atoms with Gasteiger partial charge in [0.05, 0.1) is 12.1 Å². The molecular formula is C21H24N2O2. The molecule has 4 nitrogen and oxygen atoms in total. The number of hydrogen-bond acceptors (Lipinski definition) is 3. The highest BCUT2D eigenvalue weighted by Crippen LogP contribution is 2.30. The van der Waals surface area contributed by atoms with Crippen LogP contribution in [0.4, 0.5) is 11.4 Å². The fraction of sp³-hybridized carbons (Fsp3) is 0.333. The molecule has 0 radical (unpaired) electrons. The first kappa shape index (κ1) is 17.2. The summed E-state index contributed by atoms with van der Waals surface area (Å²) in [6.45, 7) is 10.0. The summed E-state index contributed by atoms with van der Waals surface area (Å²) in [5.74, 6) is -0.340. The highest BCUT2D eigenvalue weighted by molar-refractivity contribution is 6.23. The molecule has 1 saturated heterocycles. The predicted octanol–water partition coefficient (Wildman–Crippen LogP) is 3.97. The molecule has 1 heterocycles. The number of nitrogens with one attached hydrogen (secondary N) is 1. The van der Waals surface area contributed by atoms with Gasteiger partial charge in [-0.25, -0.2) is 4.90 Å². The van der Waals surface area contributed by atoms with Crippen LogP contribution in [0.1, 0.15) is 34.2 Å². The average molecular weight is 336 g/mol. The molecule has 3 rings (SSSR count). The summed E-state index contributed by atoms with van der Waals surface area (Å²) in [7, 11) is 0. The Hall–Kier alpha value is -2.62. The number of carbonyl (C=O) groups excluding carboxylic acids is 2. The summed E-state index contributed by atoms with van der Waals surface area (Å²) >= 11 is 0. The number of anilines is 2. The standard InChI is InChI=1S/C21H24N2O2/c1-12-6-7-18(14(3)8-12)23-19(24)11-17(21(23)25)22-20-15(4)9-13(2)10-16(20)5/h6-10,17,22H,11H2,1-5H3. The molecule has 0 aliphatic carbocycles. The zero-order valence-electron chi connectivity index (χ0n) is 15.4. The predicted molar refractivity (Wildman–Crippen MR) is 101 cm³/mol. The topological polar surface area (TPSA) is 49.4 Å². The average Bonchev–Trinajstić information content (AvgIpc) is 2.78. The fourth-order valence-electron chi connectivity index (χ4n) is 3.64. The van der Waals surface area contributed by atoms with Crippen molar-refractivity contribution in [2.75, 3.05) is 10.2 Å². The summed E-state index contributed by atoms with van der Waals surface area (Å²) in [5, 5.41) is 3.30. The van der Waals surface area contributed by atoms with Crippen molar-refractivity contribution in [3.05, 3.63) is 58.1 Å². The lowest BCUT2D eigenvalue weighted by molar-refractivity contribution is -0.121. The third-order valence-electron chi connectivity index (χ3n) is 4.74. The summed E-state index contributed by atoms with van der Waals surface area (Å²) in [6.07, 6.45) is 0.179. The first-order chi connectivity index (χ1) is 11.8. The zero-order chi connectivity index (χ0) is 18.3. The number of rotatable bonds is 3. The number of imide groups is 1. The van der Waals surface area contributed by atoms with Gasteiger partial charge >= 0.3 is 0 Å². The normalized spacial score (nSPS) is 17.3. The van der Waals surface area contributed by atoms with Crippen LogP contribution < -0.4 is 10.2 Å². The quantitative estimate of drug-likeness (QED) is 0.863. The molecule has 1 atom stereocenters. The lowest BCUT2D eigenvalue weighted by atomic mass is 10.0. The Morgan fingerprint density at radius 2 is 1.48 bits per heavy atom. The molecule has 0 spiro atoms. The molecule has 1 N–H and O–H groups in total. The first-order valence-corrected chi connectivity index (χ1v) is 8.56. The molecule has 130 valence electrons. The minimum absolute atomic E-state index is 0.156. The molecule has 1 fully saturated rings. The van der Waals surface area contributed by atoms with Crippen LogP contribution in [0, 0.1) is 34.6 Å². The van der Waals surface area contributed by atoms with Gasteiger partial charge in [0, 0.05) is 5.69 Å². The van der Waals surface area contributed by atoms with Crippen LogP contribution in [0.5, 0.6) is 0 Å². The van der Waals surface area contributed by atoms with Crippen LogP contribution in [0.25, 0.3) is 0 Å². The third kappa shape index (κ3) is 3.16. The van der Waals surface area contributed by atoms with Crippen molar-refractivity contribution < 1.29 is 9.59 Å². The van der Waals surface area contributed by atoms with Crippen LogP contribution in [0.3, 0.4) is 0 Å². The molecule has 0 aromatic heterocycles. The van der Waals surface area contributed by atoms with Crippen LogP contribution in [-0.4, -0.2) is 17.9 Å². The second-order valence-corrected chi connectivity index (χ2v) is 7.03. The Morgan fingerprint density at radius 3 is 2.08 bits per heavy atom. The smallest absolute Gasteiger partial charge is 0.256 e. The monoisotopic (exact) mass is 336 g/mol. The molecule has 2 aromatic carbocycles. The number of nitrogens with zero attached hydrogens (tertiary/aromatic N) is 1. The van der Waals surface area contributed by atoms with Gasteiger partial charge in [-0.3, -0.25) is 9.59 Å². The van der Waals surface area contributed by atoms with E-state index in [1.54, 1.807) is 0 Å². The van der Waals surface area contributed by atoms with Gasteiger partial charge in [-0.2, -0.15) is 0 Å². The van der Waals surface area contributed by atoms with Crippen molar-refractivity contribution in [3.8, 4) is 0 Å². The van der Waals surface area contributed by atoms with E-state index < -0.39 is 6.04 Å². The fourth-order valence-corrected chi connectivity index (χ4v) is 3.64. The number of amides is 2.